The Bertz CT molecular complexity index is 363. The molecule has 1 fully saturated rings. The van der Waals surface area contributed by atoms with E-state index < -0.39 is 0 Å². The molecule has 0 spiro atoms. The standard InChI is InChI=1S/C15H24N2S/c1-3-4-12-5-7-13(8-6-12)15(16)14-11-18-10-9-17(14)2/h5-8,14-15H,3-4,9-11,16H2,1-2H3. The van der Waals surface area contributed by atoms with Crippen molar-refractivity contribution in [2.75, 3.05) is 25.1 Å². The third-order valence-electron chi connectivity index (χ3n) is 3.76. The Morgan fingerprint density at radius 3 is 2.72 bits per heavy atom. The first-order chi connectivity index (χ1) is 8.72. The van der Waals surface area contributed by atoms with Gasteiger partial charge in [0.1, 0.15) is 0 Å². The van der Waals surface area contributed by atoms with E-state index in [0.29, 0.717) is 6.04 Å². The molecule has 1 aromatic rings. The molecule has 0 radical (unpaired) electrons. The summed E-state index contributed by atoms with van der Waals surface area (Å²) in [4.78, 5) is 2.40. The molecule has 2 N–H and O–H groups in total. The van der Waals surface area contributed by atoms with E-state index >= 15 is 0 Å². The van der Waals surface area contributed by atoms with Crippen LogP contribution in [0.5, 0.6) is 0 Å². The van der Waals surface area contributed by atoms with E-state index in [4.69, 9.17) is 5.73 Å². The van der Waals surface area contributed by atoms with Crippen LogP contribution in [0.1, 0.15) is 30.5 Å². The van der Waals surface area contributed by atoms with Crippen LogP contribution in [-0.2, 0) is 6.42 Å². The normalized spacial score (nSPS) is 22.9. The van der Waals surface area contributed by atoms with Crippen LogP contribution in [-0.4, -0.2) is 36.0 Å². The van der Waals surface area contributed by atoms with Gasteiger partial charge in [0.15, 0.2) is 0 Å². The molecule has 1 heterocycles. The Labute approximate surface area is 115 Å². The van der Waals surface area contributed by atoms with Gasteiger partial charge in [-0.3, -0.25) is 4.90 Å². The van der Waals surface area contributed by atoms with E-state index in [9.17, 15) is 0 Å². The Hall–Kier alpha value is -0.510. The third-order valence-corrected chi connectivity index (χ3v) is 4.81. The van der Waals surface area contributed by atoms with Crippen molar-refractivity contribution in [1.82, 2.24) is 4.90 Å². The fraction of sp³-hybridized carbons (Fsp3) is 0.600. The van der Waals surface area contributed by atoms with Crippen LogP contribution in [0.2, 0.25) is 0 Å². The summed E-state index contributed by atoms with van der Waals surface area (Å²) in [6.45, 7) is 3.37. The van der Waals surface area contributed by atoms with Gasteiger partial charge < -0.3 is 5.73 Å². The van der Waals surface area contributed by atoms with E-state index in [-0.39, 0.29) is 6.04 Å². The molecule has 1 aliphatic rings. The Morgan fingerprint density at radius 1 is 1.39 bits per heavy atom. The van der Waals surface area contributed by atoms with E-state index in [2.05, 4.69) is 43.1 Å². The van der Waals surface area contributed by atoms with Crippen LogP contribution in [0.4, 0.5) is 0 Å². The first-order valence-corrected chi connectivity index (χ1v) is 8.00. The van der Waals surface area contributed by atoms with Crippen molar-refractivity contribution >= 4 is 11.8 Å². The lowest BCUT2D eigenvalue weighted by atomic mass is 9.98. The molecule has 0 saturated carbocycles. The van der Waals surface area contributed by atoms with Gasteiger partial charge in [0.25, 0.3) is 0 Å². The van der Waals surface area contributed by atoms with E-state index in [0.717, 1.165) is 18.7 Å². The van der Waals surface area contributed by atoms with Crippen molar-refractivity contribution in [3.8, 4) is 0 Å². The average molecular weight is 264 g/mol. The van der Waals surface area contributed by atoms with Crippen LogP contribution in [0.3, 0.4) is 0 Å². The molecule has 0 aliphatic carbocycles. The van der Waals surface area contributed by atoms with Gasteiger partial charge in [0.05, 0.1) is 0 Å². The first-order valence-electron chi connectivity index (χ1n) is 6.84. The van der Waals surface area contributed by atoms with Crippen molar-refractivity contribution < 1.29 is 0 Å². The number of hydrogen-bond acceptors (Lipinski definition) is 3. The van der Waals surface area contributed by atoms with Gasteiger partial charge in [-0.15, -0.1) is 0 Å². The monoisotopic (exact) mass is 264 g/mol. The zero-order chi connectivity index (χ0) is 13.0. The number of rotatable bonds is 4. The number of thioether (sulfide) groups is 1. The van der Waals surface area contributed by atoms with Crippen LogP contribution < -0.4 is 5.73 Å². The Kier molecular flexibility index (Phi) is 5.10. The summed E-state index contributed by atoms with van der Waals surface area (Å²) in [5.74, 6) is 2.38. The molecule has 1 aromatic carbocycles. The summed E-state index contributed by atoms with van der Waals surface area (Å²) in [5, 5.41) is 0. The number of benzene rings is 1. The van der Waals surface area contributed by atoms with E-state index in [1.165, 1.54) is 23.3 Å². The molecular weight excluding hydrogens is 240 g/mol. The summed E-state index contributed by atoms with van der Waals surface area (Å²) < 4.78 is 0. The molecule has 18 heavy (non-hydrogen) atoms. The van der Waals surface area contributed by atoms with E-state index in [1.807, 2.05) is 11.8 Å². The first kappa shape index (κ1) is 13.9. The second-order valence-electron chi connectivity index (χ2n) is 5.14. The van der Waals surface area contributed by atoms with Crippen molar-refractivity contribution in [1.29, 1.82) is 0 Å². The number of nitrogens with zero attached hydrogens (tertiary/aromatic N) is 1. The van der Waals surface area contributed by atoms with Crippen molar-refractivity contribution in [2.24, 2.45) is 5.73 Å². The maximum absolute atomic E-state index is 6.43. The van der Waals surface area contributed by atoms with Gasteiger partial charge in [-0.25, -0.2) is 0 Å². The molecular formula is C15H24N2S. The predicted molar refractivity (Wildman–Crippen MR) is 81.1 cm³/mol. The van der Waals surface area contributed by atoms with Gasteiger partial charge >= 0.3 is 0 Å². The molecule has 2 atom stereocenters. The van der Waals surface area contributed by atoms with Crippen LogP contribution in [0, 0.1) is 0 Å². The van der Waals surface area contributed by atoms with Crippen molar-refractivity contribution in [2.45, 2.75) is 31.8 Å². The smallest absolute Gasteiger partial charge is 0.0461 e. The number of likely N-dealkylation sites (N-methyl/N-ethyl adjacent to an activating group) is 1. The third kappa shape index (κ3) is 3.28. The number of hydrogen-bond donors (Lipinski definition) is 1. The summed E-state index contributed by atoms with van der Waals surface area (Å²) >= 11 is 2.02. The molecule has 0 amide bonds. The fourth-order valence-electron chi connectivity index (χ4n) is 2.50. The molecule has 2 rings (SSSR count). The lowest BCUT2D eigenvalue weighted by Crippen LogP contribution is -2.46. The quantitative estimate of drug-likeness (QED) is 0.906. The SMILES string of the molecule is CCCc1ccc(C(N)C2CSCCN2C)cc1. The van der Waals surface area contributed by atoms with Crippen molar-refractivity contribution in [3.63, 3.8) is 0 Å². The highest BCUT2D eigenvalue weighted by molar-refractivity contribution is 7.99. The van der Waals surface area contributed by atoms with Crippen LogP contribution >= 0.6 is 11.8 Å². The summed E-state index contributed by atoms with van der Waals surface area (Å²) in [6.07, 6.45) is 2.36. The van der Waals surface area contributed by atoms with Crippen LogP contribution in [0.15, 0.2) is 24.3 Å². The molecule has 2 unspecified atom stereocenters. The Balaban J connectivity index is 2.05. The Morgan fingerprint density at radius 2 is 2.11 bits per heavy atom. The highest BCUT2D eigenvalue weighted by Gasteiger charge is 2.26. The van der Waals surface area contributed by atoms with Gasteiger partial charge in [0, 0.05) is 30.1 Å². The summed E-state index contributed by atoms with van der Waals surface area (Å²) in [7, 11) is 2.19. The highest BCUT2D eigenvalue weighted by atomic mass is 32.2. The highest BCUT2D eigenvalue weighted by Crippen LogP contribution is 2.25. The van der Waals surface area contributed by atoms with Gasteiger partial charge in [-0.2, -0.15) is 11.8 Å². The zero-order valence-corrected chi connectivity index (χ0v) is 12.2. The number of aryl methyl sites for hydroxylation is 1. The molecule has 2 nitrogen and oxygen atoms in total. The minimum absolute atomic E-state index is 0.137. The van der Waals surface area contributed by atoms with Crippen LogP contribution in [0.25, 0.3) is 0 Å². The second kappa shape index (κ2) is 6.60. The zero-order valence-electron chi connectivity index (χ0n) is 11.4. The second-order valence-corrected chi connectivity index (χ2v) is 6.29. The fourth-order valence-corrected chi connectivity index (χ4v) is 3.79. The molecule has 1 saturated heterocycles. The van der Waals surface area contributed by atoms with Gasteiger partial charge in [-0.05, 0) is 24.6 Å². The number of nitrogens with two attached hydrogens (primary N) is 1. The maximum Gasteiger partial charge on any atom is 0.0461 e. The lowest BCUT2D eigenvalue weighted by molar-refractivity contribution is 0.237. The maximum atomic E-state index is 6.43. The molecule has 3 heteroatoms. The molecule has 1 aliphatic heterocycles. The van der Waals surface area contributed by atoms with E-state index in [1.54, 1.807) is 0 Å². The van der Waals surface area contributed by atoms with Crippen molar-refractivity contribution in [3.05, 3.63) is 35.4 Å². The predicted octanol–water partition coefficient (Wildman–Crippen LogP) is 2.69. The minimum Gasteiger partial charge on any atom is -0.323 e. The lowest BCUT2D eigenvalue weighted by Gasteiger charge is -2.36. The largest absolute Gasteiger partial charge is 0.323 e. The topological polar surface area (TPSA) is 29.3 Å². The van der Waals surface area contributed by atoms with Gasteiger partial charge in [-0.1, -0.05) is 37.6 Å². The molecule has 0 aromatic heterocycles. The summed E-state index contributed by atoms with van der Waals surface area (Å²) in [6, 6.07) is 9.49. The molecule has 0 bridgehead atoms. The summed E-state index contributed by atoms with van der Waals surface area (Å²) in [5.41, 5.74) is 9.12. The van der Waals surface area contributed by atoms with Gasteiger partial charge in [0.2, 0.25) is 0 Å². The minimum atomic E-state index is 0.137. The average Bonchev–Trinajstić information content (AvgIpc) is 2.40. The molecule has 100 valence electrons.